The topological polar surface area (TPSA) is 49.3 Å². The lowest BCUT2D eigenvalue weighted by atomic mass is 10.3. The Morgan fingerprint density at radius 2 is 2.00 bits per heavy atom. The summed E-state index contributed by atoms with van der Waals surface area (Å²) in [4.78, 5) is 25.2. The summed E-state index contributed by atoms with van der Waals surface area (Å²) in [6, 6.07) is 0. The molecule has 2 rings (SSSR count). The monoisotopic (exact) mass is 310 g/mol. The molecule has 1 amide bonds. The normalized spacial score (nSPS) is 16.3. The fraction of sp³-hybridized carbons (Fsp3) is 0.667. The van der Waals surface area contributed by atoms with Crippen LogP contribution in [-0.4, -0.2) is 47.0 Å². The van der Waals surface area contributed by atoms with Gasteiger partial charge in [-0.25, -0.2) is 9.97 Å². The minimum atomic E-state index is 0.168. The highest BCUT2D eigenvalue weighted by atomic mass is 35.5. The molecule has 1 fully saturated rings. The quantitative estimate of drug-likeness (QED) is 0.802. The molecule has 0 N–H and O–H groups in total. The van der Waals surface area contributed by atoms with Gasteiger partial charge in [-0.15, -0.1) is 0 Å². The molecule has 1 aliphatic heterocycles. The summed E-state index contributed by atoms with van der Waals surface area (Å²) in [6.45, 7) is 8.86. The number of rotatable bonds is 4. The number of carbonyl (C=O) groups excluding carboxylic acids is 1. The molecule has 0 saturated carbocycles. The summed E-state index contributed by atoms with van der Waals surface area (Å²) in [5, 5.41) is 0.485. The highest BCUT2D eigenvalue weighted by Crippen LogP contribution is 2.25. The van der Waals surface area contributed by atoms with Crippen LogP contribution >= 0.6 is 11.6 Å². The van der Waals surface area contributed by atoms with Crippen LogP contribution in [-0.2, 0) is 11.2 Å². The van der Waals surface area contributed by atoms with E-state index in [2.05, 4.69) is 16.9 Å². The molecule has 0 atom stereocenters. The van der Waals surface area contributed by atoms with Crippen molar-refractivity contribution in [3.05, 3.63) is 16.5 Å². The van der Waals surface area contributed by atoms with E-state index in [1.54, 1.807) is 0 Å². The number of hydrogen-bond acceptors (Lipinski definition) is 4. The van der Waals surface area contributed by atoms with Gasteiger partial charge < -0.3 is 9.80 Å². The van der Waals surface area contributed by atoms with Gasteiger partial charge in [0.15, 0.2) is 0 Å². The molecule has 0 spiro atoms. The Morgan fingerprint density at radius 1 is 1.24 bits per heavy atom. The third kappa shape index (κ3) is 3.64. The maximum atomic E-state index is 12.3. The first-order chi connectivity index (χ1) is 10.1. The molecule has 21 heavy (non-hydrogen) atoms. The second kappa shape index (κ2) is 7.07. The maximum absolute atomic E-state index is 12.3. The van der Waals surface area contributed by atoms with Gasteiger partial charge in [0.1, 0.15) is 16.8 Å². The van der Waals surface area contributed by atoms with Gasteiger partial charge in [0.25, 0.3) is 0 Å². The van der Waals surface area contributed by atoms with Gasteiger partial charge in [0.2, 0.25) is 5.91 Å². The standard InChI is InChI=1S/C15H23ClN4O/c1-4-7-19-8-6-9-20(10-13(19)21)15-11(3)14(16)17-12(5-2)18-15/h4-10H2,1-3H3. The number of anilines is 1. The number of aryl methyl sites for hydroxylation is 1. The van der Waals surface area contributed by atoms with Gasteiger partial charge in [0.05, 0.1) is 6.54 Å². The van der Waals surface area contributed by atoms with Crippen molar-refractivity contribution in [1.29, 1.82) is 0 Å². The minimum absolute atomic E-state index is 0.168. The second-order valence-corrected chi connectivity index (χ2v) is 5.75. The fourth-order valence-corrected chi connectivity index (χ4v) is 2.78. The van der Waals surface area contributed by atoms with Crippen molar-refractivity contribution in [2.24, 2.45) is 0 Å². The van der Waals surface area contributed by atoms with E-state index in [9.17, 15) is 4.79 Å². The van der Waals surface area contributed by atoms with Crippen molar-refractivity contribution in [1.82, 2.24) is 14.9 Å². The van der Waals surface area contributed by atoms with Crippen molar-refractivity contribution < 1.29 is 4.79 Å². The van der Waals surface area contributed by atoms with Crippen molar-refractivity contribution >= 4 is 23.3 Å². The average molecular weight is 311 g/mol. The van der Waals surface area contributed by atoms with Crippen LogP contribution in [0.15, 0.2) is 0 Å². The molecule has 1 aromatic rings. The summed E-state index contributed by atoms with van der Waals surface area (Å²) in [7, 11) is 0. The third-order valence-corrected chi connectivity index (χ3v) is 4.12. The molecule has 116 valence electrons. The van der Waals surface area contributed by atoms with Crippen LogP contribution in [0.4, 0.5) is 5.82 Å². The highest BCUT2D eigenvalue weighted by molar-refractivity contribution is 6.30. The predicted octanol–water partition coefficient (Wildman–Crippen LogP) is 2.45. The molecule has 0 aromatic carbocycles. The first-order valence-corrected chi connectivity index (χ1v) is 8.00. The molecule has 1 aromatic heterocycles. The number of hydrogen-bond donors (Lipinski definition) is 0. The molecule has 1 aliphatic rings. The highest BCUT2D eigenvalue weighted by Gasteiger charge is 2.24. The van der Waals surface area contributed by atoms with E-state index in [1.807, 2.05) is 23.6 Å². The Hall–Kier alpha value is -1.36. The molecule has 0 aliphatic carbocycles. The smallest absolute Gasteiger partial charge is 0.242 e. The minimum Gasteiger partial charge on any atom is -0.347 e. The summed E-state index contributed by atoms with van der Waals surface area (Å²) < 4.78 is 0. The summed E-state index contributed by atoms with van der Waals surface area (Å²) in [5.74, 6) is 1.70. The van der Waals surface area contributed by atoms with Crippen LogP contribution in [0.1, 0.15) is 38.1 Å². The SMILES string of the molecule is CCCN1CCCN(c2nc(CC)nc(Cl)c2C)CC1=O. The number of nitrogens with zero attached hydrogens (tertiary/aromatic N) is 4. The Kier molecular flexibility index (Phi) is 5.39. The molecular weight excluding hydrogens is 288 g/mol. The van der Waals surface area contributed by atoms with Crippen LogP contribution in [0, 0.1) is 6.92 Å². The molecule has 6 heteroatoms. The van der Waals surface area contributed by atoms with E-state index in [1.165, 1.54) is 0 Å². The Labute approximate surface area is 131 Å². The van der Waals surface area contributed by atoms with E-state index in [4.69, 9.17) is 11.6 Å². The lowest BCUT2D eigenvalue weighted by Crippen LogP contribution is -2.37. The fourth-order valence-electron chi connectivity index (χ4n) is 2.59. The first-order valence-electron chi connectivity index (χ1n) is 7.62. The summed E-state index contributed by atoms with van der Waals surface area (Å²) in [6.07, 6.45) is 2.68. The summed E-state index contributed by atoms with van der Waals surface area (Å²) >= 11 is 6.20. The lowest BCUT2D eigenvalue weighted by Gasteiger charge is -2.24. The zero-order valence-electron chi connectivity index (χ0n) is 13.0. The number of carbonyl (C=O) groups is 1. The van der Waals surface area contributed by atoms with Crippen LogP contribution < -0.4 is 4.90 Å². The zero-order chi connectivity index (χ0) is 15.4. The van der Waals surface area contributed by atoms with Crippen molar-refractivity contribution in [3.8, 4) is 0 Å². The molecule has 0 radical (unpaired) electrons. The molecule has 2 heterocycles. The van der Waals surface area contributed by atoms with Gasteiger partial charge in [0, 0.05) is 31.6 Å². The number of halogens is 1. The molecule has 0 unspecified atom stereocenters. The van der Waals surface area contributed by atoms with Crippen molar-refractivity contribution in [2.75, 3.05) is 31.1 Å². The van der Waals surface area contributed by atoms with E-state index >= 15 is 0 Å². The number of amides is 1. The van der Waals surface area contributed by atoms with Crippen molar-refractivity contribution in [2.45, 2.75) is 40.0 Å². The summed E-state index contributed by atoms with van der Waals surface area (Å²) in [5.41, 5.74) is 0.852. The second-order valence-electron chi connectivity index (χ2n) is 5.39. The third-order valence-electron chi connectivity index (χ3n) is 3.75. The van der Waals surface area contributed by atoms with E-state index in [0.717, 1.165) is 56.1 Å². The number of aromatic nitrogens is 2. The van der Waals surface area contributed by atoms with Crippen LogP contribution in [0.3, 0.4) is 0 Å². The maximum Gasteiger partial charge on any atom is 0.242 e. The zero-order valence-corrected chi connectivity index (χ0v) is 13.8. The Balaban J connectivity index is 2.26. The van der Waals surface area contributed by atoms with Gasteiger partial charge >= 0.3 is 0 Å². The van der Waals surface area contributed by atoms with Gasteiger partial charge in [-0.3, -0.25) is 4.79 Å². The van der Waals surface area contributed by atoms with Gasteiger partial charge in [-0.2, -0.15) is 0 Å². The molecule has 5 nitrogen and oxygen atoms in total. The van der Waals surface area contributed by atoms with Crippen molar-refractivity contribution in [3.63, 3.8) is 0 Å². The van der Waals surface area contributed by atoms with Crippen LogP contribution in [0.2, 0.25) is 5.15 Å². The Bertz CT molecular complexity index is 521. The lowest BCUT2D eigenvalue weighted by molar-refractivity contribution is -0.129. The molecular formula is C15H23ClN4O. The Morgan fingerprint density at radius 3 is 2.67 bits per heavy atom. The van der Waals surface area contributed by atoms with E-state index in [0.29, 0.717) is 11.7 Å². The average Bonchev–Trinajstić information content (AvgIpc) is 2.64. The van der Waals surface area contributed by atoms with Gasteiger partial charge in [-0.05, 0) is 19.8 Å². The van der Waals surface area contributed by atoms with Crippen LogP contribution in [0.25, 0.3) is 0 Å². The van der Waals surface area contributed by atoms with E-state index < -0.39 is 0 Å². The van der Waals surface area contributed by atoms with Gasteiger partial charge in [-0.1, -0.05) is 25.4 Å². The predicted molar refractivity (Wildman–Crippen MR) is 84.9 cm³/mol. The molecule has 1 saturated heterocycles. The largest absolute Gasteiger partial charge is 0.347 e. The first kappa shape index (κ1) is 16.0. The van der Waals surface area contributed by atoms with E-state index in [-0.39, 0.29) is 5.91 Å². The van der Waals surface area contributed by atoms with Crippen LogP contribution in [0.5, 0.6) is 0 Å². The molecule has 0 bridgehead atoms.